The highest BCUT2D eigenvalue weighted by Crippen LogP contribution is 2.21. The van der Waals surface area contributed by atoms with E-state index in [2.05, 4.69) is 4.74 Å². The molecule has 72 valence electrons. The molecule has 5 atom stereocenters. The zero-order chi connectivity index (χ0) is 9.30. The first-order chi connectivity index (χ1) is 5.57. The van der Waals surface area contributed by atoms with Gasteiger partial charge in [0.2, 0.25) is 0 Å². The van der Waals surface area contributed by atoms with E-state index in [0.29, 0.717) is 0 Å². The van der Waals surface area contributed by atoms with Crippen LogP contribution in [0.1, 0.15) is 0 Å². The normalized spacial score (nSPS) is 49.2. The number of hydrogen-bond acceptors (Lipinski definition) is 5. The Morgan fingerprint density at radius 3 is 2.25 bits per heavy atom. The smallest absolute Gasteiger partial charge is 0.189 e. The van der Waals surface area contributed by atoms with Crippen LogP contribution in [0.2, 0.25) is 0 Å². The maximum atomic E-state index is 12.7. The fourth-order valence-corrected chi connectivity index (χ4v) is 1.06. The molecule has 4 N–H and O–H groups in total. The van der Waals surface area contributed by atoms with Gasteiger partial charge in [-0.3, -0.25) is 0 Å². The summed E-state index contributed by atoms with van der Waals surface area (Å²) in [4.78, 5) is 0. The van der Waals surface area contributed by atoms with Crippen LogP contribution in [0.25, 0.3) is 0 Å². The molecule has 0 bridgehead atoms. The highest BCUT2D eigenvalue weighted by atomic mass is 19.1. The van der Waals surface area contributed by atoms with Crippen LogP contribution in [0.15, 0.2) is 0 Å². The molecule has 5 nitrogen and oxygen atoms in total. The van der Waals surface area contributed by atoms with Crippen LogP contribution in [0.3, 0.4) is 0 Å². The maximum absolute atomic E-state index is 12.7. The monoisotopic (exact) mass is 182 g/mol. The summed E-state index contributed by atoms with van der Waals surface area (Å²) in [6.45, 7) is -0.581. The second-order valence-electron chi connectivity index (χ2n) is 2.67. The first-order valence-electron chi connectivity index (χ1n) is 3.52. The molecule has 0 saturated carbocycles. The largest absolute Gasteiger partial charge is 0.394 e. The number of rotatable bonds is 1. The van der Waals surface area contributed by atoms with Gasteiger partial charge in [0.15, 0.2) is 12.5 Å². The minimum Gasteiger partial charge on any atom is -0.394 e. The lowest BCUT2D eigenvalue weighted by molar-refractivity contribution is -0.271. The quantitative estimate of drug-likeness (QED) is 0.368. The molecule has 0 aromatic heterocycles. The molecule has 12 heavy (non-hydrogen) atoms. The standard InChI is InChI=1S/C6H11FO5/c7-3-5(10)4(9)2(1-8)12-6(3)11/h2-6,8-11H,1H2/t2-,3+,4-,5+,6?/m1/s1. The summed E-state index contributed by atoms with van der Waals surface area (Å²) in [5.74, 6) is 0. The molecule has 0 aromatic carbocycles. The van der Waals surface area contributed by atoms with E-state index in [0.717, 1.165) is 0 Å². The third kappa shape index (κ3) is 1.57. The van der Waals surface area contributed by atoms with E-state index in [1.165, 1.54) is 0 Å². The average molecular weight is 182 g/mol. The van der Waals surface area contributed by atoms with Crippen LogP contribution in [0.5, 0.6) is 0 Å². The SMILES string of the molecule is OC[C@H]1OC(O)[C@@H](F)[C@H](O)[C@@H]1O. The Hall–Kier alpha value is -0.270. The van der Waals surface area contributed by atoms with E-state index in [1.54, 1.807) is 0 Å². The third-order valence-electron chi connectivity index (χ3n) is 1.82. The van der Waals surface area contributed by atoms with Crippen molar-refractivity contribution in [3.05, 3.63) is 0 Å². The predicted octanol–water partition coefficient (Wildman–Crippen LogP) is -2.24. The van der Waals surface area contributed by atoms with Gasteiger partial charge in [0, 0.05) is 0 Å². The summed E-state index contributed by atoms with van der Waals surface area (Å²) in [5, 5.41) is 35.3. The summed E-state index contributed by atoms with van der Waals surface area (Å²) in [6.07, 6.45) is -8.19. The summed E-state index contributed by atoms with van der Waals surface area (Å²) >= 11 is 0. The molecule has 0 amide bonds. The van der Waals surface area contributed by atoms with Gasteiger partial charge in [0.1, 0.15) is 18.3 Å². The lowest BCUT2D eigenvalue weighted by atomic mass is 10.0. The lowest BCUT2D eigenvalue weighted by Crippen LogP contribution is -2.56. The van der Waals surface area contributed by atoms with Crippen molar-refractivity contribution in [2.75, 3.05) is 6.61 Å². The molecule has 1 aliphatic heterocycles. The Kier molecular flexibility index (Phi) is 2.97. The van der Waals surface area contributed by atoms with Crippen LogP contribution in [-0.4, -0.2) is 57.8 Å². The van der Waals surface area contributed by atoms with Crippen LogP contribution >= 0.6 is 0 Å². The van der Waals surface area contributed by atoms with Crippen molar-refractivity contribution in [2.45, 2.75) is 30.8 Å². The molecule has 1 fully saturated rings. The molecule has 1 saturated heterocycles. The Morgan fingerprint density at radius 1 is 1.17 bits per heavy atom. The first-order valence-corrected chi connectivity index (χ1v) is 3.52. The van der Waals surface area contributed by atoms with Crippen molar-refractivity contribution in [2.24, 2.45) is 0 Å². The minimum atomic E-state index is -2.04. The fraction of sp³-hybridized carbons (Fsp3) is 1.00. The molecular formula is C6H11FO5. The maximum Gasteiger partial charge on any atom is 0.189 e. The van der Waals surface area contributed by atoms with E-state index in [1.807, 2.05) is 0 Å². The summed E-state index contributed by atoms with van der Waals surface area (Å²) in [5.41, 5.74) is 0. The molecule has 0 radical (unpaired) electrons. The molecule has 0 aromatic rings. The van der Waals surface area contributed by atoms with Crippen molar-refractivity contribution < 1.29 is 29.6 Å². The van der Waals surface area contributed by atoms with Crippen molar-refractivity contribution >= 4 is 0 Å². The van der Waals surface area contributed by atoms with Gasteiger partial charge in [-0.25, -0.2) is 4.39 Å². The van der Waals surface area contributed by atoms with Gasteiger partial charge in [-0.15, -0.1) is 0 Å². The van der Waals surface area contributed by atoms with E-state index in [4.69, 9.17) is 20.4 Å². The number of halogens is 1. The topological polar surface area (TPSA) is 90.2 Å². The van der Waals surface area contributed by atoms with Crippen LogP contribution < -0.4 is 0 Å². The van der Waals surface area contributed by atoms with E-state index >= 15 is 0 Å². The van der Waals surface area contributed by atoms with Gasteiger partial charge in [-0.05, 0) is 0 Å². The summed E-state index contributed by atoms with van der Waals surface area (Å²) in [7, 11) is 0. The van der Waals surface area contributed by atoms with Crippen LogP contribution in [0, 0.1) is 0 Å². The first kappa shape index (κ1) is 9.82. The second-order valence-corrected chi connectivity index (χ2v) is 2.67. The Morgan fingerprint density at radius 2 is 1.75 bits per heavy atom. The molecule has 0 aliphatic carbocycles. The van der Waals surface area contributed by atoms with Gasteiger partial charge in [0.25, 0.3) is 0 Å². The van der Waals surface area contributed by atoms with E-state index < -0.39 is 37.4 Å². The number of alkyl halides is 1. The fourth-order valence-electron chi connectivity index (χ4n) is 1.06. The second kappa shape index (κ2) is 3.63. The molecule has 1 rings (SSSR count). The third-order valence-corrected chi connectivity index (χ3v) is 1.82. The number of aliphatic hydroxyl groups is 4. The van der Waals surface area contributed by atoms with Crippen molar-refractivity contribution in [1.29, 1.82) is 0 Å². The van der Waals surface area contributed by atoms with Crippen LogP contribution in [-0.2, 0) is 4.74 Å². The van der Waals surface area contributed by atoms with Gasteiger partial charge in [-0.1, -0.05) is 0 Å². The number of hydrogen-bond donors (Lipinski definition) is 4. The summed E-state index contributed by atoms with van der Waals surface area (Å²) < 4.78 is 17.1. The highest BCUT2D eigenvalue weighted by Gasteiger charge is 2.43. The average Bonchev–Trinajstić information content (AvgIpc) is 2.08. The molecular weight excluding hydrogens is 171 g/mol. The Bertz CT molecular complexity index is 150. The predicted molar refractivity (Wildman–Crippen MR) is 34.9 cm³/mol. The number of ether oxygens (including phenoxy) is 1. The van der Waals surface area contributed by atoms with Crippen molar-refractivity contribution in [1.82, 2.24) is 0 Å². The van der Waals surface area contributed by atoms with E-state index in [9.17, 15) is 4.39 Å². The zero-order valence-corrected chi connectivity index (χ0v) is 6.17. The van der Waals surface area contributed by atoms with Crippen molar-refractivity contribution in [3.63, 3.8) is 0 Å². The minimum absolute atomic E-state index is 0.581. The van der Waals surface area contributed by atoms with Gasteiger partial charge in [-0.2, -0.15) is 0 Å². The van der Waals surface area contributed by atoms with Crippen LogP contribution in [0.4, 0.5) is 4.39 Å². The lowest BCUT2D eigenvalue weighted by Gasteiger charge is -2.36. The molecule has 0 spiro atoms. The van der Waals surface area contributed by atoms with Gasteiger partial charge >= 0.3 is 0 Å². The molecule has 1 aliphatic rings. The Balaban J connectivity index is 2.63. The Labute approximate surface area is 68.0 Å². The van der Waals surface area contributed by atoms with Gasteiger partial charge in [0.05, 0.1) is 6.61 Å². The highest BCUT2D eigenvalue weighted by molar-refractivity contribution is 4.88. The molecule has 6 heteroatoms. The number of aliphatic hydroxyl groups excluding tert-OH is 4. The summed E-state index contributed by atoms with van der Waals surface area (Å²) in [6, 6.07) is 0. The van der Waals surface area contributed by atoms with Crippen molar-refractivity contribution in [3.8, 4) is 0 Å². The molecule has 1 heterocycles. The van der Waals surface area contributed by atoms with E-state index in [-0.39, 0.29) is 0 Å². The zero-order valence-electron chi connectivity index (χ0n) is 6.17. The molecule has 1 unspecified atom stereocenters. The van der Waals surface area contributed by atoms with Gasteiger partial charge < -0.3 is 25.2 Å².